The number of carbonyl (C=O) groups is 1. The molecule has 2 aromatic carbocycles. The molecule has 0 spiro atoms. The molecule has 1 aromatic heterocycles. The third-order valence-electron chi connectivity index (χ3n) is 4.40. The van der Waals surface area contributed by atoms with Gasteiger partial charge in [0, 0.05) is 26.3 Å². The van der Waals surface area contributed by atoms with Gasteiger partial charge < -0.3 is 5.32 Å². The Kier molecular flexibility index (Phi) is 6.59. The number of benzene rings is 2. The molecule has 0 aliphatic carbocycles. The first-order chi connectivity index (χ1) is 14.3. The molecule has 1 N–H and O–H groups in total. The Morgan fingerprint density at radius 1 is 1.17 bits per heavy atom. The Morgan fingerprint density at radius 3 is 2.47 bits per heavy atom. The van der Waals surface area contributed by atoms with Crippen LogP contribution in [0.2, 0.25) is 0 Å². The van der Waals surface area contributed by atoms with Crippen LogP contribution in [-0.2, 0) is 16.6 Å². The molecule has 0 fully saturated rings. The minimum Gasteiger partial charge on any atom is -0.347 e. The van der Waals surface area contributed by atoms with E-state index in [4.69, 9.17) is 0 Å². The Hall–Kier alpha value is -2.69. The van der Waals surface area contributed by atoms with Crippen LogP contribution in [0.25, 0.3) is 5.69 Å². The van der Waals surface area contributed by atoms with Gasteiger partial charge in [-0.15, -0.1) is 0 Å². The number of carbonyl (C=O) groups excluding carboxylic acids is 1. The van der Waals surface area contributed by atoms with Gasteiger partial charge in [-0.1, -0.05) is 30.0 Å². The molecule has 0 unspecified atom stereocenters. The van der Waals surface area contributed by atoms with Crippen LogP contribution in [-0.4, -0.2) is 48.5 Å². The van der Waals surface area contributed by atoms with Crippen molar-refractivity contribution in [1.29, 1.82) is 0 Å². The van der Waals surface area contributed by atoms with E-state index >= 15 is 0 Å². The zero-order chi connectivity index (χ0) is 21.9. The van der Waals surface area contributed by atoms with Crippen molar-refractivity contribution in [3.05, 3.63) is 71.8 Å². The van der Waals surface area contributed by atoms with Gasteiger partial charge in [0.2, 0.25) is 10.0 Å². The molecule has 1 amide bonds. The lowest BCUT2D eigenvalue weighted by Gasteiger charge is -2.16. The summed E-state index contributed by atoms with van der Waals surface area (Å²) in [6, 6.07) is 12.2. The number of thioether (sulfide) groups is 1. The largest absolute Gasteiger partial charge is 0.347 e. The molecule has 7 nitrogen and oxygen atoms in total. The number of halogens is 1. The van der Waals surface area contributed by atoms with E-state index in [1.165, 1.54) is 50.3 Å². The fourth-order valence-electron chi connectivity index (χ4n) is 2.84. The normalized spacial score (nSPS) is 11.6. The summed E-state index contributed by atoms with van der Waals surface area (Å²) in [5.74, 6) is -0.807. The summed E-state index contributed by atoms with van der Waals surface area (Å²) in [5, 5.41) is 3.33. The van der Waals surface area contributed by atoms with Crippen LogP contribution in [0.1, 0.15) is 16.1 Å². The van der Waals surface area contributed by atoms with Crippen LogP contribution in [0.15, 0.2) is 64.8 Å². The van der Waals surface area contributed by atoms with E-state index in [-0.39, 0.29) is 23.0 Å². The number of hydrogen-bond donors (Lipinski definition) is 1. The Balaban J connectivity index is 1.89. The van der Waals surface area contributed by atoms with Gasteiger partial charge in [0.1, 0.15) is 11.5 Å². The molecule has 3 rings (SSSR count). The number of rotatable bonds is 7. The van der Waals surface area contributed by atoms with E-state index in [9.17, 15) is 17.6 Å². The van der Waals surface area contributed by atoms with Gasteiger partial charge in [0.25, 0.3) is 5.91 Å². The molecule has 1 heterocycles. The second-order valence-corrected chi connectivity index (χ2v) is 9.41. The van der Waals surface area contributed by atoms with Gasteiger partial charge in [0.15, 0.2) is 5.16 Å². The predicted octanol–water partition coefficient (Wildman–Crippen LogP) is 2.91. The van der Waals surface area contributed by atoms with E-state index < -0.39 is 15.9 Å². The first-order valence-electron chi connectivity index (χ1n) is 8.92. The third kappa shape index (κ3) is 4.40. The number of aromatic nitrogens is 2. The van der Waals surface area contributed by atoms with Crippen LogP contribution >= 0.6 is 11.8 Å². The summed E-state index contributed by atoms with van der Waals surface area (Å²) in [6.07, 6.45) is 3.26. The van der Waals surface area contributed by atoms with Gasteiger partial charge in [0.05, 0.1) is 11.1 Å². The molecule has 0 atom stereocenters. The van der Waals surface area contributed by atoms with Gasteiger partial charge in [-0.3, -0.25) is 9.36 Å². The average Bonchev–Trinajstić information content (AvgIpc) is 3.17. The lowest BCUT2D eigenvalue weighted by Crippen LogP contribution is -2.28. The summed E-state index contributed by atoms with van der Waals surface area (Å²) in [5.41, 5.74) is 1.33. The lowest BCUT2D eigenvalue weighted by molar-refractivity contribution is 0.0943. The molecule has 0 saturated heterocycles. The fraction of sp³-hybridized carbons (Fsp3) is 0.200. The molecular formula is C20H21FN4O3S2. The molecule has 0 radical (unpaired) electrons. The van der Waals surface area contributed by atoms with Gasteiger partial charge in [-0.05, 0) is 42.2 Å². The molecule has 30 heavy (non-hydrogen) atoms. The van der Waals surface area contributed by atoms with Gasteiger partial charge in [-0.25, -0.2) is 22.1 Å². The monoisotopic (exact) mass is 448 g/mol. The van der Waals surface area contributed by atoms with Crippen LogP contribution in [0.3, 0.4) is 0 Å². The highest BCUT2D eigenvalue weighted by atomic mass is 32.2. The topological polar surface area (TPSA) is 84.3 Å². The standard InChI is InChI=1S/C20H21FN4O3S2/c1-24(2)30(27,28)18-7-5-4-6-14(18)12-22-19(26)17-13-23-20(29-3)25(17)16-10-8-15(21)9-11-16/h4-11,13H,12H2,1-3H3,(H,22,26). The molecule has 0 saturated carbocycles. The van der Waals surface area contributed by atoms with Crippen LogP contribution in [0.4, 0.5) is 4.39 Å². The van der Waals surface area contributed by atoms with E-state index in [2.05, 4.69) is 10.3 Å². The van der Waals surface area contributed by atoms with Crippen molar-refractivity contribution in [2.24, 2.45) is 0 Å². The summed E-state index contributed by atoms with van der Waals surface area (Å²) in [7, 11) is -0.741. The number of nitrogens with one attached hydrogen (secondary N) is 1. The van der Waals surface area contributed by atoms with Crippen LogP contribution in [0, 0.1) is 5.82 Å². The van der Waals surface area contributed by atoms with Crippen molar-refractivity contribution in [1.82, 2.24) is 19.2 Å². The van der Waals surface area contributed by atoms with Crippen molar-refractivity contribution < 1.29 is 17.6 Å². The lowest BCUT2D eigenvalue weighted by atomic mass is 10.2. The van der Waals surface area contributed by atoms with E-state index in [1.54, 1.807) is 34.9 Å². The van der Waals surface area contributed by atoms with Gasteiger partial charge >= 0.3 is 0 Å². The van der Waals surface area contributed by atoms with Crippen molar-refractivity contribution in [2.75, 3.05) is 20.4 Å². The maximum Gasteiger partial charge on any atom is 0.270 e. The molecule has 158 valence electrons. The van der Waals surface area contributed by atoms with Crippen molar-refractivity contribution in [3.8, 4) is 5.69 Å². The summed E-state index contributed by atoms with van der Waals surface area (Å²) in [6.45, 7) is 0.0191. The quantitative estimate of drug-likeness (QED) is 0.562. The van der Waals surface area contributed by atoms with Gasteiger partial charge in [-0.2, -0.15) is 0 Å². The highest BCUT2D eigenvalue weighted by molar-refractivity contribution is 7.98. The predicted molar refractivity (Wildman–Crippen MR) is 114 cm³/mol. The highest BCUT2D eigenvalue weighted by Gasteiger charge is 2.22. The van der Waals surface area contributed by atoms with E-state index in [1.807, 2.05) is 6.26 Å². The average molecular weight is 449 g/mol. The SMILES string of the molecule is CSc1ncc(C(=O)NCc2ccccc2S(=O)(=O)N(C)C)n1-c1ccc(F)cc1. The number of imidazole rings is 1. The smallest absolute Gasteiger partial charge is 0.270 e. The first kappa shape index (κ1) is 22.0. The minimum atomic E-state index is -3.65. The second-order valence-electron chi connectivity index (χ2n) is 6.52. The number of sulfonamides is 1. The molecule has 0 aliphatic rings. The maximum atomic E-state index is 13.3. The number of hydrogen-bond acceptors (Lipinski definition) is 5. The number of nitrogens with zero attached hydrogens (tertiary/aromatic N) is 3. The Labute approximate surface area is 179 Å². The van der Waals surface area contributed by atoms with E-state index in [0.717, 1.165) is 4.31 Å². The first-order valence-corrected chi connectivity index (χ1v) is 11.6. The molecule has 3 aromatic rings. The third-order valence-corrected chi connectivity index (χ3v) is 6.97. The molecule has 0 aliphatic heterocycles. The minimum absolute atomic E-state index is 0.0191. The summed E-state index contributed by atoms with van der Waals surface area (Å²) < 4.78 is 41.1. The van der Waals surface area contributed by atoms with Crippen LogP contribution in [0.5, 0.6) is 0 Å². The maximum absolute atomic E-state index is 13.3. The van der Waals surface area contributed by atoms with Crippen molar-refractivity contribution >= 4 is 27.7 Å². The van der Waals surface area contributed by atoms with Crippen molar-refractivity contribution in [3.63, 3.8) is 0 Å². The molecule has 10 heteroatoms. The van der Waals surface area contributed by atoms with E-state index in [0.29, 0.717) is 16.4 Å². The Morgan fingerprint density at radius 2 is 1.83 bits per heavy atom. The Bertz CT molecular complexity index is 1160. The highest BCUT2D eigenvalue weighted by Crippen LogP contribution is 2.23. The molecule has 0 bridgehead atoms. The van der Waals surface area contributed by atoms with Crippen LogP contribution < -0.4 is 5.32 Å². The molecular weight excluding hydrogens is 427 g/mol. The zero-order valence-electron chi connectivity index (χ0n) is 16.7. The van der Waals surface area contributed by atoms with Crippen molar-refractivity contribution in [2.45, 2.75) is 16.6 Å². The second kappa shape index (κ2) is 8.99. The summed E-state index contributed by atoms with van der Waals surface area (Å²) in [4.78, 5) is 17.3. The fourth-order valence-corrected chi connectivity index (χ4v) is 4.50. The number of amides is 1. The summed E-state index contributed by atoms with van der Waals surface area (Å²) >= 11 is 1.35. The zero-order valence-corrected chi connectivity index (χ0v) is 18.3.